The van der Waals surface area contributed by atoms with Gasteiger partial charge in [0.2, 0.25) is 0 Å². The number of benzene rings is 1. The van der Waals surface area contributed by atoms with Crippen LogP contribution in [0.1, 0.15) is 17.9 Å². The molecule has 5 N–H and O–H groups in total. The van der Waals surface area contributed by atoms with E-state index >= 15 is 0 Å². The summed E-state index contributed by atoms with van der Waals surface area (Å²) in [5.74, 6) is 0.203. The molecule has 0 aromatic heterocycles. The average Bonchev–Trinajstić information content (AvgIpc) is 2.26. The molecule has 2 atom stereocenters. The third-order valence-corrected chi connectivity index (χ3v) is 2.38. The van der Waals surface area contributed by atoms with Crippen LogP contribution in [0.4, 0.5) is 0 Å². The summed E-state index contributed by atoms with van der Waals surface area (Å²) >= 11 is 0. The van der Waals surface area contributed by atoms with Gasteiger partial charge in [-0.15, -0.1) is 0 Å². The maximum Gasteiger partial charge on any atom is 0.0668 e. The van der Waals surface area contributed by atoms with Crippen molar-refractivity contribution in [3.63, 3.8) is 0 Å². The lowest BCUT2D eigenvalue weighted by Crippen LogP contribution is -2.25. The smallest absolute Gasteiger partial charge is 0.0668 e. The van der Waals surface area contributed by atoms with Crippen molar-refractivity contribution < 1.29 is 5.11 Å². The van der Waals surface area contributed by atoms with Gasteiger partial charge in [-0.05, 0) is 24.4 Å². The molecule has 0 radical (unpaired) electrons. The minimum atomic E-state index is -0.455. The van der Waals surface area contributed by atoms with Gasteiger partial charge in [0.05, 0.1) is 6.10 Å². The summed E-state index contributed by atoms with van der Waals surface area (Å²) in [7, 11) is 0. The minimum Gasteiger partial charge on any atom is -0.392 e. The van der Waals surface area contributed by atoms with E-state index in [1.165, 1.54) is 5.56 Å². The Morgan fingerprint density at radius 3 is 2.21 bits per heavy atom. The lowest BCUT2D eigenvalue weighted by molar-refractivity contribution is 0.163. The van der Waals surface area contributed by atoms with Crippen LogP contribution in [0.3, 0.4) is 0 Å². The quantitative estimate of drug-likeness (QED) is 0.637. The highest BCUT2D eigenvalue weighted by atomic mass is 16.3. The summed E-state index contributed by atoms with van der Waals surface area (Å²) in [5.41, 5.74) is 12.2. The van der Waals surface area contributed by atoms with E-state index in [1.54, 1.807) is 0 Å². The van der Waals surface area contributed by atoms with Gasteiger partial charge in [0.1, 0.15) is 0 Å². The largest absolute Gasteiger partial charge is 0.392 e. The molecule has 3 nitrogen and oxygen atoms in total. The van der Waals surface area contributed by atoms with Gasteiger partial charge < -0.3 is 16.6 Å². The first-order valence-electron chi connectivity index (χ1n) is 4.91. The van der Waals surface area contributed by atoms with Crippen LogP contribution in [0.15, 0.2) is 30.3 Å². The van der Waals surface area contributed by atoms with E-state index in [-0.39, 0.29) is 5.92 Å². The van der Waals surface area contributed by atoms with Crippen molar-refractivity contribution >= 4 is 0 Å². The summed E-state index contributed by atoms with van der Waals surface area (Å²) in [5, 5.41) is 9.44. The second-order valence-electron chi connectivity index (χ2n) is 3.47. The summed E-state index contributed by atoms with van der Waals surface area (Å²) in [6.07, 6.45) is 0.181. The van der Waals surface area contributed by atoms with Crippen molar-refractivity contribution in [1.82, 2.24) is 0 Å². The molecule has 0 heterocycles. The Morgan fingerprint density at radius 2 is 1.71 bits per heavy atom. The Morgan fingerprint density at radius 1 is 1.07 bits per heavy atom. The lowest BCUT2D eigenvalue weighted by Gasteiger charge is -2.17. The third-order valence-electron chi connectivity index (χ3n) is 2.38. The van der Waals surface area contributed by atoms with Gasteiger partial charge >= 0.3 is 0 Å². The molecule has 0 saturated heterocycles. The number of rotatable bonds is 5. The first kappa shape index (κ1) is 11.2. The van der Waals surface area contributed by atoms with Crippen LogP contribution >= 0.6 is 0 Å². The maximum absolute atomic E-state index is 9.44. The molecular formula is C11H18N2O. The van der Waals surface area contributed by atoms with Crippen molar-refractivity contribution in [2.45, 2.75) is 18.4 Å². The van der Waals surface area contributed by atoms with Gasteiger partial charge in [-0.2, -0.15) is 0 Å². The normalized spacial score (nSPS) is 15.1. The monoisotopic (exact) mass is 194 g/mol. The van der Waals surface area contributed by atoms with E-state index in [9.17, 15) is 5.11 Å². The maximum atomic E-state index is 9.44. The molecule has 0 spiro atoms. The van der Waals surface area contributed by atoms with Gasteiger partial charge in [-0.3, -0.25) is 0 Å². The fourth-order valence-electron chi connectivity index (χ4n) is 1.52. The number of hydrogen-bond acceptors (Lipinski definition) is 3. The summed E-state index contributed by atoms with van der Waals surface area (Å²) < 4.78 is 0. The Kier molecular flexibility index (Phi) is 4.59. The summed E-state index contributed by atoms with van der Waals surface area (Å²) in [6, 6.07) is 9.98. The van der Waals surface area contributed by atoms with Crippen molar-refractivity contribution in [3.05, 3.63) is 35.9 Å². The number of nitrogens with two attached hydrogens (primary N) is 2. The zero-order valence-corrected chi connectivity index (χ0v) is 8.26. The van der Waals surface area contributed by atoms with E-state index in [0.29, 0.717) is 19.5 Å². The number of aliphatic hydroxyl groups is 1. The van der Waals surface area contributed by atoms with E-state index in [4.69, 9.17) is 11.5 Å². The Balaban J connectivity index is 2.63. The predicted octanol–water partition coefficient (Wildman–Crippen LogP) is 0.439. The first-order chi connectivity index (χ1) is 6.77. The van der Waals surface area contributed by atoms with Crippen LogP contribution in [-0.2, 0) is 0 Å². The van der Waals surface area contributed by atoms with Crippen LogP contribution in [0.2, 0.25) is 0 Å². The second-order valence-corrected chi connectivity index (χ2v) is 3.47. The van der Waals surface area contributed by atoms with Crippen LogP contribution in [0, 0.1) is 0 Å². The lowest BCUT2D eigenvalue weighted by atomic mass is 9.93. The third kappa shape index (κ3) is 3.10. The average molecular weight is 194 g/mol. The van der Waals surface area contributed by atoms with Gasteiger partial charge in [0, 0.05) is 6.54 Å². The van der Waals surface area contributed by atoms with E-state index < -0.39 is 6.10 Å². The zero-order valence-electron chi connectivity index (χ0n) is 8.26. The fraction of sp³-hybridized carbons (Fsp3) is 0.455. The predicted molar refractivity (Wildman–Crippen MR) is 57.9 cm³/mol. The molecule has 1 aromatic rings. The molecule has 2 unspecified atom stereocenters. The number of aliphatic hydroxyl groups excluding tert-OH is 1. The number of hydrogen-bond donors (Lipinski definition) is 3. The van der Waals surface area contributed by atoms with E-state index in [1.807, 2.05) is 30.3 Å². The molecule has 78 valence electrons. The zero-order chi connectivity index (χ0) is 10.4. The molecule has 0 aliphatic heterocycles. The Labute approximate surface area is 84.7 Å². The fourth-order valence-corrected chi connectivity index (χ4v) is 1.52. The molecule has 3 heteroatoms. The first-order valence-corrected chi connectivity index (χ1v) is 4.91. The molecular weight excluding hydrogens is 176 g/mol. The van der Waals surface area contributed by atoms with Crippen LogP contribution in [0.25, 0.3) is 0 Å². The van der Waals surface area contributed by atoms with E-state index in [0.717, 1.165) is 0 Å². The molecule has 0 saturated carbocycles. The Hall–Kier alpha value is -0.900. The highest BCUT2D eigenvalue weighted by Crippen LogP contribution is 2.19. The molecule has 0 amide bonds. The molecule has 0 aliphatic carbocycles. The SMILES string of the molecule is NCC(O)CC(CN)c1ccccc1. The molecule has 14 heavy (non-hydrogen) atoms. The van der Waals surface area contributed by atoms with E-state index in [2.05, 4.69) is 0 Å². The van der Waals surface area contributed by atoms with Crippen LogP contribution < -0.4 is 11.5 Å². The van der Waals surface area contributed by atoms with Crippen LogP contribution in [0.5, 0.6) is 0 Å². The highest BCUT2D eigenvalue weighted by Gasteiger charge is 2.13. The highest BCUT2D eigenvalue weighted by molar-refractivity contribution is 5.19. The Bertz CT molecular complexity index is 251. The van der Waals surface area contributed by atoms with Gasteiger partial charge in [0.25, 0.3) is 0 Å². The van der Waals surface area contributed by atoms with Crippen molar-refractivity contribution in [1.29, 1.82) is 0 Å². The molecule has 0 bridgehead atoms. The topological polar surface area (TPSA) is 72.3 Å². The molecule has 1 aromatic carbocycles. The standard InChI is InChI=1S/C11H18N2O/c12-7-10(6-11(14)8-13)9-4-2-1-3-5-9/h1-5,10-11,14H,6-8,12-13H2. The van der Waals surface area contributed by atoms with Crippen molar-refractivity contribution in [2.75, 3.05) is 13.1 Å². The summed E-state index contributed by atoms with van der Waals surface area (Å²) in [6.45, 7) is 0.838. The van der Waals surface area contributed by atoms with Crippen LogP contribution in [-0.4, -0.2) is 24.3 Å². The molecule has 1 rings (SSSR count). The van der Waals surface area contributed by atoms with Crippen molar-refractivity contribution in [3.8, 4) is 0 Å². The second kappa shape index (κ2) is 5.75. The molecule has 0 fully saturated rings. The van der Waals surface area contributed by atoms with Gasteiger partial charge in [-0.1, -0.05) is 30.3 Å². The summed E-state index contributed by atoms with van der Waals surface area (Å²) in [4.78, 5) is 0. The molecule has 0 aliphatic rings. The van der Waals surface area contributed by atoms with Gasteiger partial charge in [-0.25, -0.2) is 0 Å². The minimum absolute atomic E-state index is 0.203. The van der Waals surface area contributed by atoms with Crippen molar-refractivity contribution in [2.24, 2.45) is 11.5 Å². The van der Waals surface area contributed by atoms with Gasteiger partial charge in [0.15, 0.2) is 0 Å².